The SMILES string of the molecule is C=C(C#N)CN1Cc2c(-c3ccc4[nH]nc(-c5cccnc5)c4c3)ccc(N)c2C1=O. The normalized spacial score (nSPS) is 12.7. The Hall–Kier alpha value is -4.44. The quantitative estimate of drug-likeness (QED) is 0.394. The van der Waals surface area contributed by atoms with Crippen molar-refractivity contribution in [3.05, 3.63) is 78.1 Å². The second kappa shape index (κ2) is 7.11. The molecule has 3 heterocycles. The number of pyridine rings is 1. The summed E-state index contributed by atoms with van der Waals surface area (Å²) < 4.78 is 0. The number of aromatic amines is 1. The number of nitrogens with one attached hydrogen (secondary N) is 1. The van der Waals surface area contributed by atoms with Crippen molar-refractivity contribution in [3.8, 4) is 28.5 Å². The molecule has 0 saturated heterocycles. The third-order valence-electron chi connectivity index (χ3n) is 5.54. The maximum Gasteiger partial charge on any atom is 0.256 e. The van der Waals surface area contributed by atoms with Crippen molar-refractivity contribution >= 4 is 22.5 Å². The predicted octanol–water partition coefficient (Wildman–Crippen LogP) is 3.91. The van der Waals surface area contributed by atoms with Crippen molar-refractivity contribution in [1.82, 2.24) is 20.1 Å². The average Bonchev–Trinajstić information content (AvgIpc) is 3.36. The van der Waals surface area contributed by atoms with Gasteiger partial charge in [-0.2, -0.15) is 10.4 Å². The molecule has 3 N–H and O–H groups in total. The van der Waals surface area contributed by atoms with Crippen LogP contribution < -0.4 is 5.73 Å². The molecular formula is C24H18N6O. The van der Waals surface area contributed by atoms with Gasteiger partial charge in [-0.15, -0.1) is 0 Å². The van der Waals surface area contributed by atoms with Gasteiger partial charge in [-0.3, -0.25) is 14.9 Å². The van der Waals surface area contributed by atoms with Crippen LogP contribution in [0.5, 0.6) is 0 Å². The van der Waals surface area contributed by atoms with Crippen molar-refractivity contribution in [2.75, 3.05) is 12.3 Å². The fraction of sp³-hybridized carbons (Fsp3) is 0.0833. The zero-order valence-corrected chi connectivity index (χ0v) is 16.6. The summed E-state index contributed by atoms with van der Waals surface area (Å²) in [7, 11) is 0. The monoisotopic (exact) mass is 406 g/mol. The summed E-state index contributed by atoms with van der Waals surface area (Å²) >= 11 is 0. The number of rotatable bonds is 4. The lowest BCUT2D eigenvalue weighted by atomic mass is 9.94. The Morgan fingerprint density at radius 1 is 1.26 bits per heavy atom. The molecule has 1 aliphatic rings. The molecule has 0 saturated carbocycles. The lowest BCUT2D eigenvalue weighted by Gasteiger charge is -2.14. The Balaban J connectivity index is 1.62. The molecule has 5 rings (SSSR count). The second-order valence-corrected chi connectivity index (χ2v) is 7.51. The number of nitriles is 1. The van der Waals surface area contributed by atoms with Gasteiger partial charge in [0, 0.05) is 41.1 Å². The van der Waals surface area contributed by atoms with E-state index in [2.05, 4.69) is 27.8 Å². The first-order valence-electron chi connectivity index (χ1n) is 9.74. The van der Waals surface area contributed by atoms with Gasteiger partial charge < -0.3 is 10.6 Å². The second-order valence-electron chi connectivity index (χ2n) is 7.51. The van der Waals surface area contributed by atoms with Crippen molar-refractivity contribution in [2.24, 2.45) is 0 Å². The van der Waals surface area contributed by atoms with E-state index in [9.17, 15) is 4.79 Å². The number of hydrogen-bond acceptors (Lipinski definition) is 5. The predicted molar refractivity (Wildman–Crippen MR) is 119 cm³/mol. The van der Waals surface area contributed by atoms with E-state index in [1.54, 1.807) is 23.4 Å². The number of fused-ring (bicyclic) bond motifs is 2. The minimum absolute atomic E-state index is 0.175. The van der Waals surface area contributed by atoms with Crippen LogP contribution in [0.25, 0.3) is 33.3 Å². The van der Waals surface area contributed by atoms with Gasteiger partial charge in [0.25, 0.3) is 5.91 Å². The molecule has 2 aromatic heterocycles. The molecule has 0 spiro atoms. The van der Waals surface area contributed by atoms with E-state index < -0.39 is 0 Å². The smallest absolute Gasteiger partial charge is 0.256 e. The average molecular weight is 406 g/mol. The van der Waals surface area contributed by atoms with Gasteiger partial charge in [0.1, 0.15) is 5.69 Å². The summed E-state index contributed by atoms with van der Waals surface area (Å²) in [5.41, 5.74) is 12.8. The molecule has 1 aliphatic heterocycles. The molecule has 31 heavy (non-hydrogen) atoms. The highest BCUT2D eigenvalue weighted by molar-refractivity contribution is 6.06. The lowest BCUT2D eigenvalue weighted by molar-refractivity contribution is 0.0794. The van der Waals surface area contributed by atoms with Gasteiger partial charge in [-0.1, -0.05) is 18.7 Å². The highest BCUT2D eigenvalue weighted by Gasteiger charge is 2.32. The Morgan fingerprint density at radius 3 is 2.90 bits per heavy atom. The van der Waals surface area contributed by atoms with Gasteiger partial charge in [-0.25, -0.2) is 0 Å². The molecule has 4 aromatic rings. The number of anilines is 1. The van der Waals surface area contributed by atoms with E-state index >= 15 is 0 Å². The maximum absolute atomic E-state index is 12.9. The largest absolute Gasteiger partial charge is 0.398 e. The first kappa shape index (κ1) is 18.6. The molecule has 0 unspecified atom stereocenters. The van der Waals surface area contributed by atoms with E-state index in [-0.39, 0.29) is 12.5 Å². The first-order chi connectivity index (χ1) is 15.1. The number of benzene rings is 2. The summed E-state index contributed by atoms with van der Waals surface area (Å²) in [5.74, 6) is -0.175. The number of nitrogen functional groups attached to an aromatic ring is 1. The van der Waals surface area contributed by atoms with Gasteiger partial charge >= 0.3 is 0 Å². The number of aromatic nitrogens is 3. The summed E-state index contributed by atoms with van der Waals surface area (Å²) in [4.78, 5) is 18.7. The van der Waals surface area contributed by atoms with E-state index in [0.717, 1.165) is 38.9 Å². The molecule has 0 bridgehead atoms. The Morgan fingerprint density at radius 2 is 2.13 bits per heavy atom. The van der Waals surface area contributed by atoms with E-state index in [4.69, 9.17) is 11.0 Å². The molecule has 7 heteroatoms. The molecule has 0 fully saturated rings. The first-order valence-corrected chi connectivity index (χ1v) is 9.74. The summed E-state index contributed by atoms with van der Waals surface area (Å²) in [6.07, 6.45) is 3.51. The third kappa shape index (κ3) is 3.02. The lowest BCUT2D eigenvalue weighted by Crippen LogP contribution is -2.26. The number of H-pyrrole nitrogens is 1. The number of carbonyl (C=O) groups is 1. The fourth-order valence-corrected chi connectivity index (χ4v) is 4.07. The Bertz CT molecular complexity index is 1400. The van der Waals surface area contributed by atoms with Gasteiger partial charge in [-0.05, 0) is 47.0 Å². The Labute approximate surface area is 178 Å². The maximum atomic E-state index is 12.9. The molecule has 150 valence electrons. The van der Waals surface area contributed by atoms with Crippen LogP contribution in [0, 0.1) is 11.3 Å². The van der Waals surface area contributed by atoms with Crippen LogP contribution >= 0.6 is 0 Å². The molecule has 0 atom stereocenters. The summed E-state index contributed by atoms with van der Waals surface area (Å²) in [6.45, 7) is 4.27. The van der Waals surface area contributed by atoms with E-state index in [1.807, 2.05) is 36.4 Å². The van der Waals surface area contributed by atoms with Gasteiger partial charge in [0.2, 0.25) is 0 Å². The van der Waals surface area contributed by atoms with Crippen LogP contribution in [-0.4, -0.2) is 32.5 Å². The van der Waals surface area contributed by atoms with Crippen molar-refractivity contribution < 1.29 is 4.79 Å². The van der Waals surface area contributed by atoms with Crippen LogP contribution in [0.1, 0.15) is 15.9 Å². The van der Waals surface area contributed by atoms with Crippen LogP contribution in [-0.2, 0) is 6.54 Å². The standard InChI is InChI=1S/C24H18N6O/c1-14(10-25)12-30-13-19-17(5-6-20(26)22(19)24(30)31)15-4-7-21-18(9-15)23(29-28-21)16-3-2-8-27-11-16/h2-9,11H,1,12-13,26H2,(H,28,29). The fourth-order valence-electron chi connectivity index (χ4n) is 4.07. The van der Waals surface area contributed by atoms with Gasteiger partial charge in [0.05, 0.1) is 23.7 Å². The number of amides is 1. The van der Waals surface area contributed by atoms with Crippen molar-refractivity contribution in [1.29, 1.82) is 5.26 Å². The highest BCUT2D eigenvalue weighted by Crippen LogP contribution is 2.38. The minimum Gasteiger partial charge on any atom is -0.398 e. The molecule has 0 aliphatic carbocycles. The van der Waals surface area contributed by atoms with Crippen LogP contribution in [0.4, 0.5) is 5.69 Å². The number of nitrogens with zero attached hydrogens (tertiary/aromatic N) is 4. The molecule has 0 radical (unpaired) electrons. The zero-order valence-electron chi connectivity index (χ0n) is 16.6. The molecule has 7 nitrogen and oxygen atoms in total. The number of nitrogens with two attached hydrogens (primary N) is 1. The molecule has 1 amide bonds. The molecular weight excluding hydrogens is 388 g/mol. The van der Waals surface area contributed by atoms with Crippen LogP contribution in [0.3, 0.4) is 0 Å². The van der Waals surface area contributed by atoms with E-state index in [0.29, 0.717) is 23.4 Å². The van der Waals surface area contributed by atoms with E-state index in [1.165, 1.54) is 0 Å². The van der Waals surface area contributed by atoms with Crippen molar-refractivity contribution in [3.63, 3.8) is 0 Å². The number of carbonyl (C=O) groups excluding carboxylic acids is 1. The van der Waals surface area contributed by atoms with Crippen LogP contribution in [0.2, 0.25) is 0 Å². The topological polar surface area (TPSA) is 112 Å². The Kier molecular flexibility index (Phi) is 4.26. The summed E-state index contributed by atoms with van der Waals surface area (Å²) in [5, 5.41) is 17.6. The minimum atomic E-state index is -0.175. The van der Waals surface area contributed by atoms with Crippen LogP contribution in [0.15, 0.2) is 67.0 Å². The highest BCUT2D eigenvalue weighted by atomic mass is 16.2. The summed E-state index contributed by atoms with van der Waals surface area (Å²) in [6, 6.07) is 15.6. The number of hydrogen-bond donors (Lipinski definition) is 2. The van der Waals surface area contributed by atoms with Gasteiger partial charge in [0.15, 0.2) is 0 Å². The molecule has 2 aromatic carbocycles. The third-order valence-corrected chi connectivity index (χ3v) is 5.54. The zero-order chi connectivity index (χ0) is 21.5. The van der Waals surface area contributed by atoms with Crippen molar-refractivity contribution in [2.45, 2.75) is 6.54 Å².